The molecule has 0 atom stereocenters. The lowest BCUT2D eigenvalue weighted by molar-refractivity contribution is -0.137. The Hall–Kier alpha value is -0.890. The predicted octanol–water partition coefficient (Wildman–Crippen LogP) is 2.42. The zero-order valence-electron chi connectivity index (χ0n) is 9.49. The number of thioether (sulfide) groups is 1. The van der Waals surface area contributed by atoms with Crippen molar-refractivity contribution in [2.75, 3.05) is 23.5 Å². The van der Waals surface area contributed by atoms with Crippen LogP contribution in [0.5, 0.6) is 0 Å². The molecule has 0 heterocycles. The number of alkyl halides is 3. The van der Waals surface area contributed by atoms with Gasteiger partial charge in [0.1, 0.15) is 9.84 Å². The second-order valence-electron chi connectivity index (χ2n) is 3.73. The van der Waals surface area contributed by atoms with Crippen LogP contribution in [0.25, 0.3) is 0 Å². The quantitative estimate of drug-likeness (QED) is 0.685. The monoisotopic (exact) mass is 299 g/mol. The van der Waals surface area contributed by atoms with Gasteiger partial charge >= 0.3 is 6.18 Å². The highest BCUT2D eigenvalue weighted by molar-refractivity contribution is 8.00. The third kappa shape index (κ3) is 4.77. The third-order valence-corrected chi connectivity index (χ3v) is 4.25. The Morgan fingerprint density at radius 2 is 1.94 bits per heavy atom. The van der Waals surface area contributed by atoms with Crippen molar-refractivity contribution in [1.82, 2.24) is 0 Å². The zero-order valence-corrected chi connectivity index (χ0v) is 11.1. The van der Waals surface area contributed by atoms with E-state index in [4.69, 9.17) is 5.73 Å². The molecular weight excluding hydrogens is 287 g/mol. The Balaban J connectivity index is 2.80. The Morgan fingerprint density at radius 3 is 2.44 bits per heavy atom. The average Bonchev–Trinajstić information content (AvgIpc) is 2.17. The Bertz CT molecular complexity index is 526. The molecule has 0 aromatic heterocycles. The number of sulfone groups is 1. The van der Waals surface area contributed by atoms with E-state index in [1.54, 1.807) is 0 Å². The molecule has 0 spiro atoms. The summed E-state index contributed by atoms with van der Waals surface area (Å²) < 4.78 is 59.4. The summed E-state index contributed by atoms with van der Waals surface area (Å²) in [6.45, 7) is 0. The first-order valence-corrected chi connectivity index (χ1v) is 7.91. The number of benzene rings is 1. The molecule has 0 fully saturated rings. The van der Waals surface area contributed by atoms with Gasteiger partial charge < -0.3 is 5.73 Å². The van der Waals surface area contributed by atoms with Crippen molar-refractivity contribution < 1.29 is 21.6 Å². The van der Waals surface area contributed by atoms with Gasteiger partial charge in [0.2, 0.25) is 0 Å². The largest absolute Gasteiger partial charge is 0.418 e. The van der Waals surface area contributed by atoms with Crippen LogP contribution in [0.2, 0.25) is 0 Å². The van der Waals surface area contributed by atoms with Crippen molar-refractivity contribution in [3.8, 4) is 0 Å². The Labute approximate surface area is 107 Å². The van der Waals surface area contributed by atoms with Gasteiger partial charge in [-0.25, -0.2) is 8.42 Å². The van der Waals surface area contributed by atoms with E-state index in [2.05, 4.69) is 0 Å². The minimum atomic E-state index is -4.50. The van der Waals surface area contributed by atoms with Gasteiger partial charge in [0.25, 0.3) is 0 Å². The number of halogens is 3. The number of rotatable bonds is 4. The summed E-state index contributed by atoms with van der Waals surface area (Å²) in [5.74, 6) is 0.128. The van der Waals surface area contributed by atoms with Crippen LogP contribution in [0.4, 0.5) is 18.9 Å². The first-order chi connectivity index (χ1) is 8.09. The molecule has 2 N–H and O–H groups in total. The van der Waals surface area contributed by atoms with Gasteiger partial charge in [-0.15, -0.1) is 11.8 Å². The molecular formula is C10H12F3NO2S2. The second-order valence-corrected chi connectivity index (χ2v) is 7.15. The normalized spacial score (nSPS) is 12.7. The van der Waals surface area contributed by atoms with Gasteiger partial charge in [-0.05, 0) is 18.2 Å². The third-order valence-electron chi connectivity index (χ3n) is 2.05. The van der Waals surface area contributed by atoms with Gasteiger partial charge in [-0.2, -0.15) is 13.2 Å². The smallest absolute Gasteiger partial charge is 0.398 e. The number of hydrogen-bond donors (Lipinski definition) is 1. The lowest BCUT2D eigenvalue weighted by atomic mass is 10.2. The van der Waals surface area contributed by atoms with Crippen molar-refractivity contribution in [3.05, 3.63) is 23.8 Å². The molecule has 0 bridgehead atoms. The summed E-state index contributed by atoms with van der Waals surface area (Å²) in [5, 5.41) is 0. The summed E-state index contributed by atoms with van der Waals surface area (Å²) in [6.07, 6.45) is -3.42. The highest BCUT2D eigenvalue weighted by Crippen LogP contribution is 2.35. The number of anilines is 1. The first kappa shape index (κ1) is 15.2. The highest BCUT2D eigenvalue weighted by Gasteiger charge is 2.33. The molecule has 1 rings (SSSR count). The van der Waals surface area contributed by atoms with Crippen molar-refractivity contribution in [1.29, 1.82) is 0 Å². The van der Waals surface area contributed by atoms with E-state index in [9.17, 15) is 21.6 Å². The average molecular weight is 299 g/mol. The van der Waals surface area contributed by atoms with Gasteiger partial charge in [0.05, 0.1) is 11.3 Å². The summed E-state index contributed by atoms with van der Waals surface area (Å²) in [6, 6.07) is 3.55. The van der Waals surface area contributed by atoms with Gasteiger partial charge in [-0.3, -0.25) is 0 Å². The van der Waals surface area contributed by atoms with Crippen molar-refractivity contribution in [2.24, 2.45) is 0 Å². The second kappa shape index (κ2) is 5.40. The van der Waals surface area contributed by atoms with E-state index in [0.29, 0.717) is 4.90 Å². The van der Waals surface area contributed by atoms with Gasteiger partial charge in [0, 0.05) is 22.6 Å². The Kier molecular flexibility index (Phi) is 4.55. The van der Waals surface area contributed by atoms with Crippen LogP contribution in [0.3, 0.4) is 0 Å². The standard InChI is InChI=1S/C10H12F3NO2S2/c1-18(15,16)5-4-17-7-2-3-9(14)8(6-7)10(11,12)13/h2-3,6H,4-5,14H2,1H3. The van der Waals surface area contributed by atoms with Crippen LogP contribution in [0.1, 0.15) is 5.56 Å². The molecule has 0 aliphatic heterocycles. The molecule has 18 heavy (non-hydrogen) atoms. The first-order valence-electron chi connectivity index (χ1n) is 4.87. The molecule has 0 aliphatic rings. The predicted molar refractivity (Wildman–Crippen MR) is 66.3 cm³/mol. The van der Waals surface area contributed by atoms with Crippen LogP contribution in [0, 0.1) is 0 Å². The fourth-order valence-corrected chi connectivity index (χ4v) is 3.33. The van der Waals surface area contributed by atoms with E-state index >= 15 is 0 Å². The van der Waals surface area contributed by atoms with Crippen LogP contribution in [-0.2, 0) is 16.0 Å². The highest BCUT2D eigenvalue weighted by atomic mass is 32.2. The van der Waals surface area contributed by atoms with Gasteiger partial charge in [-0.1, -0.05) is 0 Å². The van der Waals surface area contributed by atoms with E-state index in [0.717, 1.165) is 24.1 Å². The maximum atomic E-state index is 12.6. The summed E-state index contributed by atoms with van der Waals surface area (Å²) >= 11 is 1.05. The maximum Gasteiger partial charge on any atom is 0.418 e. The summed E-state index contributed by atoms with van der Waals surface area (Å²) in [5.41, 5.74) is 4.01. The van der Waals surface area contributed by atoms with Gasteiger partial charge in [0.15, 0.2) is 0 Å². The van der Waals surface area contributed by atoms with Crippen LogP contribution in [-0.4, -0.2) is 26.2 Å². The fourth-order valence-electron chi connectivity index (χ4n) is 1.18. The van der Waals surface area contributed by atoms with Crippen molar-refractivity contribution >= 4 is 27.3 Å². The van der Waals surface area contributed by atoms with E-state index in [-0.39, 0.29) is 17.2 Å². The zero-order chi connectivity index (χ0) is 14.0. The maximum absolute atomic E-state index is 12.6. The molecule has 8 heteroatoms. The fraction of sp³-hybridized carbons (Fsp3) is 0.400. The van der Waals surface area contributed by atoms with E-state index in [1.165, 1.54) is 12.1 Å². The molecule has 3 nitrogen and oxygen atoms in total. The molecule has 0 unspecified atom stereocenters. The molecule has 0 amide bonds. The number of nitrogen functional groups attached to an aromatic ring is 1. The number of hydrogen-bond acceptors (Lipinski definition) is 4. The minimum Gasteiger partial charge on any atom is -0.398 e. The van der Waals surface area contributed by atoms with Crippen molar-refractivity contribution in [2.45, 2.75) is 11.1 Å². The molecule has 1 aromatic carbocycles. The van der Waals surface area contributed by atoms with Crippen LogP contribution in [0.15, 0.2) is 23.1 Å². The SMILES string of the molecule is CS(=O)(=O)CCSc1ccc(N)c(C(F)(F)F)c1. The van der Waals surface area contributed by atoms with Crippen LogP contribution < -0.4 is 5.73 Å². The Morgan fingerprint density at radius 1 is 1.33 bits per heavy atom. The summed E-state index contributed by atoms with van der Waals surface area (Å²) in [4.78, 5) is 0.347. The van der Waals surface area contributed by atoms with E-state index < -0.39 is 21.6 Å². The topological polar surface area (TPSA) is 60.2 Å². The molecule has 0 saturated carbocycles. The number of nitrogens with two attached hydrogens (primary N) is 1. The minimum absolute atomic E-state index is 0.0800. The molecule has 1 aromatic rings. The lowest BCUT2D eigenvalue weighted by Crippen LogP contribution is -2.09. The molecule has 102 valence electrons. The molecule has 0 saturated heterocycles. The molecule has 0 radical (unpaired) electrons. The van der Waals surface area contributed by atoms with Crippen molar-refractivity contribution in [3.63, 3.8) is 0 Å². The van der Waals surface area contributed by atoms with Crippen LogP contribution >= 0.6 is 11.8 Å². The lowest BCUT2D eigenvalue weighted by Gasteiger charge is -2.11. The molecule has 0 aliphatic carbocycles. The van der Waals surface area contributed by atoms with E-state index in [1.807, 2.05) is 0 Å². The summed E-state index contributed by atoms with van der Waals surface area (Å²) in [7, 11) is -3.11.